The number of benzene rings is 1. The molecule has 0 bridgehead atoms. The molecule has 4 N–H and O–H groups in total. The SMILES string of the molecule is Cc1cc(O)c(NC(N)=S)cc1C. The molecule has 0 atom stereocenters. The topological polar surface area (TPSA) is 58.3 Å². The van der Waals surface area contributed by atoms with Crippen molar-refractivity contribution in [3.05, 3.63) is 23.3 Å². The fourth-order valence-electron chi connectivity index (χ4n) is 1.03. The standard InChI is InChI=1S/C9H12N2OS/c1-5-3-7(11-9(10)13)8(12)4-6(5)2/h3-4,12H,1-2H3,(H3,10,11,13). The van der Waals surface area contributed by atoms with Crippen LogP contribution >= 0.6 is 12.2 Å². The largest absolute Gasteiger partial charge is 0.506 e. The molecule has 0 saturated heterocycles. The Morgan fingerprint density at radius 2 is 1.92 bits per heavy atom. The fourth-order valence-corrected chi connectivity index (χ4v) is 1.14. The summed E-state index contributed by atoms with van der Waals surface area (Å²) in [5, 5.41) is 12.3. The van der Waals surface area contributed by atoms with Crippen LogP contribution in [0, 0.1) is 13.8 Å². The van der Waals surface area contributed by atoms with Crippen LogP contribution in [0.3, 0.4) is 0 Å². The van der Waals surface area contributed by atoms with Crippen LogP contribution in [0.25, 0.3) is 0 Å². The minimum atomic E-state index is 0.151. The number of hydrogen-bond donors (Lipinski definition) is 3. The highest BCUT2D eigenvalue weighted by Gasteiger charge is 2.03. The molecule has 3 nitrogen and oxygen atoms in total. The quantitative estimate of drug-likeness (QED) is 0.472. The summed E-state index contributed by atoms with van der Waals surface area (Å²) in [6.45, 7) is 3.89. The Labute approximate surface area is 82.6 Å². The van der Waals surface area contributed by atoms with E-state index in [4.69, 9.17) is 5.73 Å². The number of phenolic OH excluding ortho intramolecular Hbond substituents is 1. The maximum absolute atomic E-state index is 9.49. The highest BCUT2D eigenvalue weighted by atomic mass is 32.1. The van der Waals surface area contributed by atoms with Crippen LogP contribution in [-0.2, 0) is 0 Å². The third-order valence-corrected chi connectivity index (χ3v) is 1.97. The Bertz CT molecular complexity index is 350. The Balaban J connectivity index is 3.08. The molecule has 13 heavy (non-hydrogen) atoms. The van der Waals surface area contributed by atoms with Crippen LogP contribution in [-0.4, -0.2) is 10.2 Å². The van der Waals surface area contributed by atoms with E-state index >= 15 is 0 Å². The Morgan fingerprint density at radius 1 is 1.38 bits per heavy atom. The number of nitrogens with two attached hydrogens (primary N) is 1. The normalized spacial score (nSPS) is 9.69. The van der Waals surface area contributed by atoms with Crippen molar-refractivity contribution < 1.29 is 5.11 Å². The van der Waals surface area contributed by atoms with E-state index in [1.807, 2.05) is 19.9 Å². The molecular formula is C9H12N2OS. The molecular weight excluding hydrogens is 184 g/mol. The van der Waals surface area contributed by atoms with Crippen molar-refractivity contribution in [2.24, 2.45) is 5.73 Å². The van der Waals surface area contributed by atoms with Gasteiger partial charge >= 0.3 is 0 Å². The molecule has 0 aromatic heterocycles. The van der Waals surface area contributed by atoms with Gasteiger partial charge in [0.05, 0.1) is 5.69 Å². The van der Waals surface area contributed by atoms with Gasteiger partial charge in [0.2, 0.25) is 0 Å². The molecule has 70 valence electrons. The lowest BCUT2D eigenvalue weighted by Crippen LogP contribution is -2.19. The predicted molar refractivity (Wildman–Crippen MR) is 58.0 cm³/mol. The van der Waals surface area contributed by atoms with E-state index in [1.54, 1.807) is 6.07 Å². The summed E-state index contributed by atoms with van der Waals surface area (Å²) in [6, 6.07) is 3.49. The molecule has 0 aliphatic carbocycles. The van der Waals surface area contributed by atoms with Crippen LogP contribution < -0.4 is 11.1 Å². The molecule has 1 aromatic rings. The Morgan fingerprint density at radius 3 is 2.46 bits per heavy atom. The zero-order valence-electron chi connectivity index (χ0n) is 7.59. The van der Waals surface area contributed by atoms with Crippen LogP contribution in [0.5, 0.6) is 5.75 Å². The maximum Gasteiger partial charge on any atom is 0.168 e. The van der Waals surface area contributed by atoms with E-state index in [0.717, 1.165) is 11.1 Å². The maximum atomic E-state index is 9.49. The zero-order chi connectivity index (χ0) is 10.0. The molecule has 1 rings (SSSR count). The molecule has 0 radical (unpaired) electrons. The smallest absolute Gasteiger partial charge is 0.168 e. The first-order valence-corrected chi connectivity index (χ1v) is 4.28. The second kappa shape index (κ2) is 3.62. The summed E-state index contributed by atoms with van der Waals surface area (Å²) in [6.07, 6.45) is 0. The zero-order valence-corrected chi connectivity index (χ0v) is 8.40. The molecule has 0 aliphatic rings. The average molecular weight is 196 g/mol. The predicted octanol–water partition coefficient (Wildman–Crippen LogP) is 1.66. The fraction of sp³-hybridized carbons (Fsp3) is 0.222. The summed E-state index contributed by atoms with van der Waals surface area (Å²) in [4.78, 5) is 0. The number of aromatic hydroxyl groups is 1. The first kappa shape index (κ1) is 9.80. The van der Waals surface area contributed by atoms with E-state index in [-0.39, 0.29) is 10.9 Å². The first-order valence-electron chi connectivity index (χ1n) is 3.87. The van der Waals surface area contributed by atoms with Crippen molar-refractivity contribution in [2.45, 2.75) is 13.8 Å². The van der Waals surface area contributed by atoms with Crippen LogP contribution in [0.1, 0.15) is 11.1 Å². The van der Waals surface area contributed by atoms with Crippen LogP contribution in [0.15, 0.2) is 12.1 Å². The van der Waals surface area contributed by atoms with Gasteiger partial charge in [-0.2, -0.15) is 0 Å². The average Bonchev–Trinajstić information content (AvgIpc) is 1.99. The summed E-state index contributed by atoms with van der Waals surface area (Å²) >= 11 is 4.67. The van der Waals surface area contributed by atoms with Crippen molar-refractivity contribution in [1.82, 2.24) is 0 Å². The number of hydrogen-bond acceptors (Lipinski definition) is 2. The Hall–Kier alpha value is -1.29. The lowest BCUT2D eigenvalue weighted by Gasteiger charge is -2.09. The van der Waals surface area contributed by atoms with Gasteiger partial charge in [-0.25, -0.2) is 0 Å². The van der Waals surface area contributed by atoms with E-state index in [9.17, 15) is 5.11 Å². The minimum absolute atomic E-state index is 0.151. The molecule has 0 unspecified atom stereocenters. The Kier molecular flexibility index (Phi) is 2.72. The van der Waals surface area contributed by atoms with E-state index < -0.39 is 0 Å². The third-order valence-electron chi connectivity index (χ3n) is 1.87. The molecule has 0 aliphatic heterocycles. The highest BCUT2D eigenvalue weighted by molar-refractivity contribution is 7.80. The van der Waals surface area contributed by atoms with Crippen molar-refractivity contribution in [2.75, 3.05) is 5.32 Å². The van der Waals surface area contributed by atoms with E-state index in [0.29, 0.717) is 5.69 Å². The van der Waals surface area contributed by atoms with Crippen molar-refractivity contribution >= 4 is 23.0 Å². The second-order valence-corrected chi connectivity index (χ2v) is 3.38. The lowest BCUT2D eigenvalue weighted by atomic mass is 10.1. The van der Waals surface area contributed by atoms with Gasteiger partial charge in [0.25, 0.3) is 0 Å². The molecule has 0 amide bonds. The summed E-state index contributed by atoms with van der Waals surface area (Å²) in [5.41, 5.74) is 7.96. The lowest BCUT2D eigenvalue weighted by molar-refractivity contribution is 0.477. The van der Waals surface area contributed by atoms with Crippen molar-refractivity contribution in [3.8, 4) is 5.75 Å². The van der Waals surface area contributed by atoms with Gasteiger partial charge in [0.15, 0.2) is 5.11 Å². The monoisotopic (exact) mass is 196 g/mol. The number of phenols is 1. The molecule has 4 heteroatoms. The third kappa shape index (κ3) is 2.32. The van der Waals surface area contributed by atoms with Crippen LogP contribution in [0.4, 0.5) is 5.69 Å². The molecule has 0 fully saturated rings. The number of aryl methyl sites for hydroxylation is 2. The second-order valence-electron chi connectivity index (χ2n) is 2.94. The van der Waals surface area contributed by atoms with E-state index in [2.05, 4.69) is 17.5 Å². The molecule has 0 saturated carbocycles. The van der Waals surface area contributed by atoms with Gasteiger partial charge in [-0.05, 0) is 49.3 Å². The van der Waals surface area contributed by atoms with Gasteiger partial charge in [-0.1, -0.05) is 0 Å². The first-order chi connectivity index (χ1) is 6.00. The van der Waals surface area contributed by atoms with Gasteiger partial charge in [0.1, 0.15) is 5.75 Å². The van der Waals surface area contributed by atoms with Crippen LogP contribution in [0.2, 0.25) is 0 Å². The summed E-state index contributed by atoms with van der Waals surface area (Å²) in [7, 11) is 0. The number of rotatable bonds is 1. The molecule has 0 spiro atoms. The van der Waals surface area contributed by atoms with E-state index in [1.165, 1.54) is 0 Å². The molecule has 1 aromatic carbocycles. The van der Waals surface area contributed by atoms with Gasteiger partial charge < -0.3 is 16.2 Å². The van der Waals surface area contributed by atoms with Crippen molar-refractivity contribution in [1.29, 1.82) is 0 Å². The number of nitrogens with one attached hydrogen (secondary N) is 1. The molecule has 0 heterocycles. The van der Waals surface area contributed by atoms with Gasteiger partial charge in [-0.15, -0.1) is 0 Å². The van der Waals surface area contributed by atoms with Gasteiger partial charge in [-0.3, -0.25) is 0 Å². The highest BCUT2D eigenvalue weighted by Crippen LogP contribution is 2.26. The summed E-state index contributed by atoms with van der Waals surface area (Å²) < 4.78 is 0. The van der Waals surface area contributed by atoms with Gasteiger partial charge in [0, 0.05) is 0 Å². The van der Waals surface area contributed by atoms with Crippen molar-refractivity contribution in [3.63, 3.8) is 0 Å². The number of anilines is 1. The summed E-state index contributed by atoms with van der Waals surface area (Å²) in [5.74, 6) is 0.163. The minimum Gasteiger partial charge on any atom is -0.506 e. The number of thiocarbonyl (C=S) groups is 1.